The Labute approximate surface area is 235 Å². The van der Waals surface area contributed by atoms with Crippen molar-refractivity contribution >= 4 is 40.7 Å². The van der Waals surface area contributed by atoms with Gasteiger partial charge in [0.1, 0.15) is 11.6 Å². The summed E-state index contributed by atoms with van der Waals surface area (Å²) in [5.74, 6) is 1.79. The zero-order chi connectivity index (χ0) is 26.9. The first kappa shape index (κ1) is 27.9. The molecule has 3 aliphatic rings. The number of hydrogen-bond acceptors (Lipinski definition) is 11. The number of nitrogens with one attached hydrogen (secondary N) is 2. The van der Waals surface area contributed by atoms with Crippen molar-refractivity contribution in [3.05, 3.63) is 30.3 Å². The van der Waals surface area contributed by atoms with Gasteiger partial charge in [-0.15, -0.1) is 0 Å². The molecule has 5 rings (SSSR count). The summed E-state index contributed by atoms with van der Waals surface area (Å²) >= 11 is 1.54. The Morgan fingerprint density at radius 1 is 0.872 bits per heavy atom. The van der Waals surface area contributed by atoms with Crippen molar-refractivity contribution in [2.45, 2.75) is 5.16 Å². The van der Waals surface area contributed by atoms with Crippen LogP contribution in [0.1, 0.15) is 0 Å². The van der Waals surface area contributed by atoms with E-state index in [1.807, 2.05) is 12.3 Å². The highest BCUT2D eigenvalue weighted by Crippen LogP contribution is 2.25. The Balaban J connectivity index is 1.10. The predicted molar refractivity (Wildman–Crippen MR) is 155 cm³/mol. The number of morpholine rings is 2. The largest absolute Gasteiger partial charge is 0.379 e. The fourth-order valence-electron chi connectivity index (χ4n) is 5.03. The quantitative estimate of drug-likeness (QED) is 0.328. The average Bonchev–Trinajstić information content (AvgIpc) is 2.99. The number of piperazine rings is 1. The normalized spacial score (nSPS) is 19.2. The first-order valence-electron chi connectivity index (χ1n) is 13.8. The van der Waals surface area contributed by atoms with Crippen molar-refractivity contribution in [3.8, 4) is 0 Å². The second-order valence-electron chi connectivity index (χ2n) is 9.94. The SMILES string of the molecule is CSc1nc(Nc2ccc(N3CCOCC3)cc2)cc(N2CCN(CC(=O)NCCN3CCOCC3)CC2)n1. The van der Waals surface area contributed by atoms with Crippen molar-refractivity contribution in [1.82, 2.24) is 25.1 Å². The van der Waals surface area contributed by atoms with Crippen LogP contribution in [-0.2, 0) is 14.3 Å². The van der Waals surface area contributed by atoms with Crippen LogP contribution >= 0.6 is 11.8 Å². The zero-order valence-electron chi connectivity index (χ0n) is 22.8. The first-order chi connectivity index (χ1) is 19.2. The highest BCUT2D eigenvalue weighted by Gasteiger charge is 2.21. The number of ether oxygens (including phenoxy) is 2. The Hall–Kier alpha value is -2.64. The second kappa shape index (κ2) is 14.1. The van der Waals surface area contributed by atoms with Crippen LogP contribution in [0.4, 0.5) is 23.0 Å². The van der Waals surface area contributed by atoms with E-state index in [2.05, 4.69) is 59.5 Å². The summed E-state index contributed by atoms with van der Waals surface area (Å²) in [7, 11) is 0. The molecule has 212 valence electrons. The molecule has 3 saturated heterocycles. The van der Waals surface area contributed by atoms with Gasteiger partial charge in [0, 0.05) is 82.9 Å². The lowest BCUT2D eigenvalue weighted by atomic mass is 10.2. The molecule has 12 heteroatoms. The van der Waals surface area contributed by atoms with Gasteiger partial charge in [0.25, 0.3) is 0 Å². The van der Waals surface area contributed by atoms with Gasteiger partial charge in [0.2, 0.25) is 5.91 Å². The van der Waals surface area contributed by atoms with E-state index in [0.717, 1.165) is 108 Å². The van der Waals surface area contributed by atoms with E-state index in [1.54, 1.807) is 0 Å². The highest BCUT2D eigenvalue weighted by molar-refractivity contribution is 7.98. The molecule has 0 saturated carbocycles. The van der Waals surface area contributed by atoms with Crippen molar-refractivity contribution < 1.29 is 14.3 Å². The molecule has 1 aromatic carbocycles. The summed E-state index contributed by atoms with van der Waals surface area (Å²) in [6.07, 6.45) is 2.00. The molecule has 39 heavy (non-hydrogen) atoms. The van der Waals surface area contributed by atoms with Gasteiger partial charge in [-0.1, -0.05) is 11.8 Å². The Morgan fingerprint density at radius 2 is 1.56 bits per heavy atom. The third-order valence-corrected chi connectivity index (χ3v) is 7.86. The average molecular weight is 557 g/mol. The lowest BCUT2D eigenvalue weighted by molar-refractivity contribution is -0.122. The Morgan fingerprint density at radius 3 is 2.26 bits per heavy atom. The minimum atomic E-state index is 0.0922. The summed E-state index contributed by atoms with van der Waals surface area (Å²) < 4.78 is 10.8. The summed E-state index contributed by atoms with van der Waals surface area (Å²) in [6, 6.07) is 10.5. The van der Waals surface area contributed by atoms with Crippen molar-refractivity contribution in [1.29, 1.82) is 0 Å². The minimum Gasteiger partial charge on any atom is -0.379 e. The van der Waals surface area contributed by atoms with E-state index in [1.165, 1.54) is 17.4 Å². The van der Waals surface area contributed by atoms with Crippen LogP contribution < -0.4 is 20.4 Å². The third kappa shape index (κ3) is 8.18. The number of carbonyl (C=O) groups excluding carboxylic acids is 1. The van der Waals surface area contributed by atoms with E-state index >= 15 is 0 Å². The number of thioether (sulfide) groups is 1. The summed E-state index contributed by atoms with van der Waals surface area (Å²) in [5, 5.41) is 7.27. The molecule has 3 aliphatic heterocycles. The Kier molecular flexibility index (Phi) is 10.1. The molecule has 4 heterocycles. The standard InChI is InChI=1S/C27H40N8O3S/c1-39-27-30-24(29-22-2-4-23(5-3-22)34-14-18-38-19-15-34)20-25(31-27)35-10-8-33(9-11-35)21-26(36)28-6-7-32-12-16-37-17-13-32/h2-5,20H,6-19,21H2,1H3,(H,28,36)(H,29,30,31). The fourth-order valence-corrected chi connectivity index (χ4v) is 5.40. The number of carbonyl (C=O) groups is 1. The van der Waals surface area contributed by atoms with Gasteiger partial charge >= 0.3 is 0 Å². The smallest absolute Gasteiger partial charge is 0.234 e. The van der Waals surface area contributed by atoms with Crippen LogP contribution in [-0.4, -0.2) is 130 Å². The van der Waals surface area contributed by atoms with Crippen molar-refractivity contribution in [3.63, 3.8) is 0 Å². The van der Waals surface area contributed by atoms with Gasteiger partial charge in [-0.25, -0.2) is 9.97 Å². The molecule has 2 aromatic rings. The molecule has 0 radical (unpaired) electrons. The second-order valence-corrected chi connectivity index (χ2v) is 10.7. The van der Waals surface area contributed by atoms with E-state index < -0.39 is 0 Å². The maximum Gasteiger partial charge on any atom is 0.234 e. The number of benzene rings is 1. The summed E-state index contributed by atoms with van der Waals surface area (Å²) in [4.78, 5) is 31.1. The minimum absolute atomic E-state index is 0.0922. The van der Waals surface area contributed by atoms with Crippen LogP contribution in [0, 0.1) is 0 Å². The van der Waals surface area contributed by atoms with Crippen LogP contribution in [0.5, 0.6) is 0 Å². The van der Waals surface area contributed by atoms with Crippen molar-refractivity contribution in [2.75, 3.05) is 120 Å². The lowest BCUT2D eigenvalue weighted by Crippen LogP contribution is -2.50. The van der Waals surface area contributed by atoms with Crippen molar-refractivity contribution in [2.24, 2.45) is 0 Å². The van der Waals surface area contributed by atoms with E-state index in [-0.39, 0.29) is 5.91 Å². The molecule has 0 unspecified atom stereocenters. The molecule has 0 atom stereocenters. The molecule has 0 bridgehead atoms. The number of nitrogens with zero attached hydrogens (tertiary/aromatic N) is 6. The maximum atomic E-state index is 12.5. The van der Waals surface area contributed by atoms with Crippen LogP contribution in [0.2, 0.25) is 0 Å². The number of aromatic nitrogens is 2. The molecule has 11 nitrogen and oxygen atoms in total. The van der Waals surface area contributed by atoms with Gasteiger partial charge in [-0.3, -0.25) is 14.6 Å². The van der Waals surface area contributed by atoms with Crippen LogP contribution in [0.15, 0.2) is 35.5 Å². The van der Waals surface area contributed by atoms with Crippen LogP contribution in [0.3, 0.4) is 0 Å². The lowest BCUT2D eigenvalue weighted by Gasteiger charge is -2.35. The summed E-state index contributed by atoms with van der Waals surface area (Å²) in [5.41, 5.74) is 2.20. The predicted octanol–water partition coefficient (Wildman–Crippen LogP) is 1.35. The molecule has 0 aliphatic carbocycles. The first-order valence-corrected chi connectivity index (χ1v) is 15.1. The number of hydrogen-bond donors (Lipinski definition) is 2. The molecular weight excluding hydrogens is 516 g/mol. The van der Waals surface area contributed by atoms with Gasteiger partial charge in [-0.2, -0.15) is 0 Å². The molecule has 1 aromatic heterocycles. The van der Waals surface area contributed by atoms with E-state index in [9.17, 15) is 4.79 Å². The van der Waals surface area contributed by atoms with Gasteiger partial charge in [0.15, 0.2) is 5.16 Å². The van der Waals surface area contributed by atoms with Gasteiger partial charge in [0.05, 0.1) is 33.0 Å². The topological polar surface area (TPSA) is 98.3 Å². The maximum absolute atomic E-state index is 12.5. The monoisotopic (exact) mass is 556 g/mol. The zero-order valence-corrected chi connectivity index (χ0v) is 23.6. The highest BCUT2D eigenvalue weighted by atomic mass is 32.2. The van der Waals surface area contributed by atoms with Gasteiger partial charge in [-0.05, 0) is 30.5 Å². The molecule has 0 spiro atoms. The number of amides is 1. The van der Waals surface area contributed by atoms with E-state index in [0.29, 0.717) is 13.1 Å². The molecule has 3 fully saturated rings. The molecular formula is C27H40N8O3S. The van der Waals surface area contributed by atoms with E-state index in [4.69, 9.17) is 14.5 Å². The third-order valence-electron chi connectivity index (χ3n) is 7.31. The molecule has 2 N–H and O–H groups in total. The number of anilines is 4. The molecule has 1 amide bonds. The van der Waals surface area contributed by atoms with Gasteiger partial charge < -0.3 is 29.9 Å². The summed E-state index contributed by atoms with van der Waals surface area (Å²) in [6.45, 7) is 12.1. The fraction of sp³-hybridized carbons (Fsp3) is 0.593. The van der Waals surface area contributed by atoms with Crippen LogP contribution in [0.25, 0.3) is 0 Å². The number of rotatable bonds is 10. The Bertz CT molecular complexity index is 1060.